The van der Waals surface area contributed by atoms with Crippen LogP contribution in [0.5, 0.6) is 0 Å². The van der Waals surface area contributed by atoms with Crippen molar-refractivity contribution in [3.8, 4) is 0 Å². The van der Waals surface area contributed by atoms with Gasteiger partial charge in [0.2, 0.25) is 5.91 Å². The Hall–Kier alpha value is -1.35. The maximum Gasteiger partial charge on any atom is 0.221 e. The monoisotopic (exact) mass is 260 g/mol. The fourth-order valence-electron chi connectivity index (χ4n) is 2.66. The molecule has 0 heterocycles. The topological polar surface area (TPSA) is 41.1 Å². The summed E-state index contributed by atoms with van der Waals surface area (Å²) in [6, 6.07) is 9.38. The SMILES string of the molecule is CCNC(=O)CCNC1CC(c2cccc(C)c2)C1. The lowest BCUT2D eigenvalue weighted by molar-refractivity contribution is -0.120. The first-order valence-electron chi connectivity index (χ1n) is 7.25. The number of rotatable bonds is 6. The lowest BCUT2D eigenvalue weighted by atomic mass is 9.75. The Balaban J connectivity index is 1.65. The Morgan fingerprint density at radius 3 is 2.84 bits per heavy atom. The van der Waals surface area contributed by atoms with Crippen molar-refractivity contribution in [2.75, 3.05) is 13.1 Å². The number of carbonyl (C=O) groups is 1. The highest BCUT2D eigenvalue weighted by atomic mass is 16.1. The summed E-state index contributed by atoms with van der Waals surface area (Å²) < 4.78 is 0. The summed E-state index contributed by atoms with van der Waals surface area (Å²) in [7, 11) is 0. The first kappa shape index (κ1) is 14.1. The van der Waals surface area contributed by atoms with Gasteiger partial charge in [-0.2, -0.15) is 0 Å². The lowest BCUT2D eigenvalue weighted by Gasteiger charge is -2.36. The molecule has 1 fully saturated rings. The molecule has 0 spiro atoms. The van der Waals surface area contributed by atoms with E-state index in [1.54, 1.807) is 0 Å². The number of benzene rings is 1. The maximum atomic E-state index is 11.3. The minimum Gasteiger partial charge on any atom is -0.356 e. The Kier molecular flexibility index (Phi) is 4.97. The molecule has 1 aromatic rings. The van der Waals surface area contributed by atoms with Crippen molar-refractivity contribution in [2.45, 2.75) is 45.1 Å². The van der Waals surface area contributed by atoms with Gasteiger partial charge in [-0.15, -0.1) is 0 Å². The van der Waals surface area contributed by atoms with Gasteiger partial charge in [0, 0.05) is 25.6 Å². The minimum atomic E-state index is 0.143. The van der Waals surface area contributed by atoms with Crippen LogP contribution in [0.2, 0.25) is 0 Å². The minimum absolute atomic E-state index is 0.143. The molecule has 1 aliphatic carbocycles. The van der Waals surface area contributed by atoms with Crippen molar-refractivity contribution in [2.24, 2.45) is 0 Å². The van der Waals surface area contributed by atoms with E-state index in [2.05, 4.69) is 41.8 Å². The predicted molar refractivity (Wildman–Crippen MR) is 78.2 cm³/mol. The Bertz CT molecular complexity index is 425. The molecule has 0 atom stereocenters. The van der Waals surface area contributed by atoms with Gasteiger partial charge < -0.3 is 10.6 Å². The third-order valence-electron chi connectivity index (χ3n) is 3.81. The fourth-order valence-corrected chi connectivity index (χ4v) is 2.66. The van der Waals surface area contributed by atoms with Crippen LogP contribution in [-0.4, -0.2) is 25.0 Å². The first-order chi connectivity index (χ1) is 9.19. The molecule has 19 heavy (non-hydrogen) atoms. The van der Waals surface area contributed by atoms with Crippen molar-refractivity contribution >= 4 is 5.91 Å². The van der Waals surface area contributed by atoms with Crippen LogP contribution < -0.4 is 10.6 Å². The summed E-state index contributed by atoms with van der Waals surface area (Å²) >= 11 is 0. The molecule has 0 bridgehead atoms. The zero-order chi connectivity index (χ0) is 13.7. The van der Waals surface area contributed by atoms with E-state index in [0.717, 1.165) is 13.1 Å². The van der Waals surface area contributed by atoms with Gasteiger partial charge >= 0.3 is 0 Å². The average molecular weight is 260 g/mol. The number of amides is 1. The summed E-state index contributed by atoms with van der Waals surface area (Å²) in [6.45, 7) is 5.60. The van der Waals surface area contributed by atoms with E-state index in [1.807, 2.05) is 6.92 Å². The van der Waals surface area contributed by atoms with Crippen LogP contribution in [-0.2, 0) is 4.79 Å². The lowest BCUT2D eigenvalue weighted by Crippen LogP contribution is -2.41. The van der Waals surface area contributed by atoms with E-state index in [-0.39, 0.29) is 5.91 Å². The first-order valence-corrected chi connectivity index (χ1v) is 7.25. The fraction of sp³-hybridized carbons (Fsp3) is 0.562. The van der Waals surface area contributed by atoms with Crippen LogP contribution in [0.15, 0.2) is 24.3 Å². The molecule has 3 heteroatoms. The van der Waals surface area contributed by atoms with Gasteiger partial charge in [0.1, 0.15) is 0 Å². The second kappa shape index (κ2) is 6.71. The van der Waals surface area contributed by atoms with Gasteiger partial charge in [-0.05, 0) is 38.2 Å². The van der Waals surface area contributed by atoms with Crippen LogP contribution in [0.4, 0.5) is 0 Å². The summed E-state index contributed by atoms with van der Waals surface area (Å²) in [5.74, 6) is 0.839. The zero-order valence-corrected chi connectivity index (χ0v) is 11.9. The van der Waals surface area contributed by atoms with Crippen LogP contribution in [0.1, 0.15) is 43.2 Å². The molecule has 3 nitrogen and oxygen atoms in total. The molecular weight excluding hydrogens is 236 g/mol. The Morgan fingerprint density at radius 2 is 2.16 bits per heavy atom. The van der Waals surface area contributed by atoms with E-state index in [9.17, 15) is 4.79 Å². The van der Waals surface area contributed by atoms with Gasteiger partial charge in [-0.25, -0.2) is 0 Å². The highest BCUT2D eigenvalue weighted by Crippen LogP contribution is 2.36. The van der Waals surface area contributed by atoms with Crippen LogP contribution >= 0.6 is 0 Å². The average Bonchev–Trinajstić information content (AvgIpc) is 2.32. The molecular formula is C16H24N2O. The van der Waals surface area contributed by atoms with E-state index in [0.29, 0.717) is 18.4 Å². The maximum absolute atomic E-state index is 11.3. The summed E-state index contributed by atoms with van der Waals surface area (Å²) in [5.41, 5.74) is 2.80. The summed E-state index contributed by atoms with van der Waals surface area (Å²) in [5, 5.41) is 6.28. The van der Waals surface area contributed by atoms with Crippen LogP contribution in [0.3, 0.4) is 0 Å². The Morgan fingerprint density at radius 1 is 1.37 bits per heavy atom. The van der Waals surface area contributed by atoms with Gasteiger partial charge in [0.25, 0.3) is 0 Å². The van der Waals surface area contributed by atoms with Crippen molar-refractivity contribution in [3.63, 3.8) is 0 Å². The number of hydrogen-bond acceptors (Lipinski definition) is 2. The van der Waals surface area contributed by atoms with Crippen molar-refractivity contribution in [3.05, 3.63) is 35.4 Å². The van der Waals surface area contributed by atoms with Gasteiger partial charge in [0.15, 0.2) is 0 Å². The van der Waals surface area contributed by atoms with E-state index in [4.69, 9.17) is 0 Å². The smallest absolute Gasteiger partial charge is 0.221 e. The summed E-state index contributed by atoms with van der Waals surface area (Å²) in [6.07, 6.45) is 2.97. The highest BCUT2D eigenvalue weighted by molar-refractivity contribution is 5.75. The molecule has 0 unspecified atom stereocenters. The normalized spacial score (nSPS) is 21.8. The predicted octanol–water partition coefficient (Wildman–Crippen LogP) is 2.36. The van der Waals surface area contributed by atoms with Gasteiger partial charge in [-0.3, -0.25) is 4.79 Å². The molecule has 1 aliphatic rings. The van der Waals surface area contributed by atoms with Gasteiger partial charge in [0.05, 0.1) is 0 Å². The summed E-state index contributed by atoms with van der Waals surface area (Å²) in [4.78, 5) is 11.3. The molecule has 1 saturated carbocycles. The third kappa shape index (κ3) is 4.06. The third-order valence-corrected chi connectivity index (χ3v) is 3.81. The van der Waals surface area contributed by atoms with E-state index >= 15 is 0 Å². The highest BCUT2D eigenvalue weighted by Gasteiger charge is 2.29. The molecule has 0 aliphatic heterocycles. The Labute approximate surface area is 115 Å². The van der Waals surface area contributed by atoms with Crippen LogP contribution in [0.25, 0.3) is 0 Å². The molecule has 0 radical (unpaired) electrons. The second-order valence-corrected chi connectivity index (χ2v) is 5.44. The molecule has 104 valence electrons. The number of hydrogen-bond donors (Lipinski definition) is 2. The number of aryl methyl sites for hydroxylation is 1. The van der Waals surface area contributed by atoms with Crippen molar-refractivity contribution < 1.29 is 4.79 Å². The molecule has 0 saturated heterocycles. The van der Waals surface area contributed by atoms with Crippen LogP contribution in [0, 0.1) is 6.92 Å². The van der Waals surface area contributed by atoms with Gasteiger partial charge in [-0.1, -0.05) is 29.8 Å². The molecule has 1 aromatic carbocycles. The molecule has 1 amide bonds. The van der Waals surface area contributed by atoms with Crippen molar-refractivity contribution in [1.82, 2.24) is 10.6 Å². The number of nitrogens with one attached hydrogen (secondary N) is 2. The number of carbonyl (C=O) groups excluding carboxylic acids is 1. The van der Waals surface area contributed by atoms with E-state index < -0.39 is 0 Å². The molecule has 2 N–H and O–H groups in total. The molecule has 2 rings (SSSR count). The van der Waals surface area contributed by atoms with Crippen molar-refractivity contribution in [1.29, 1.82) is 0 Å². The standard InChI is InChI=1S/C16H24N2O/c1-3-17-16(19)7-8-18-15-10-14(11-15)13-6-4-5-12(2)9-13/h4-6,9,14-15,18H,3,7-8,10-11H2,1-2H3,(H,17,19). The quantitative estimate of drug-likeness (QED) is 0.824. The molecule has 0 aromatic heterocycles. The zero-order valence-electron chi connectivity index (χ0n) is 11.9. The largest absolute Gasteiger partial charge is 0.356 e. The second-order valence-electron chi connectivity index (χ2n) is 5.44. The van der Waals surface area contributed by atoms with E-state index in [1.165, 1.54) is 24.0 Å².